The summed E-state index contributed by atoms with van der Waals surface area (Å²) in [5.41, 5.74) is 5.79. The van der Waals surface area contributed by atoms with Gasteiger partial charge in [0.2, 0.25) is 0 Å². The van der Waals surface area contributed by atoms with Crippen molar-refractivity contribution in [2.75, 3.05) is 19.8 Å². The minimum atomic E-state index is -4.23. The SMILES string of the molecule is CC1CCCC(CN)(CCOCC(F)(F)F)C1. The molecule has 0 spiro atoms. The van der Waals surface area contributed by atoms with Crippen molar-refractivity contribution in [1.29, 1.82) is 0 Å². The molecule has 0 heterocycles. The number of hydrogen-bond acceptors (Lipinski definition) is 2. The van der Waals surface area contributed by atoms with Crippen LogP contribution in [0.1, 0.15) is 39.0 Å². The Kier molecular flexibility index (Phi) is 5.25. The topological polar surface area (TPSA) is 35.2 Å². The van der Waals surface area contributed by atoms with Crippen LogP contribution in [0.15, 0.2) is 0 Å². The highest BCUT2D eigenvalue weighted by Gasteiger charge is 2.34. The molecule has 1 saturated carbocycles. The van der Waals surface area contributed by atoms with Gasteiger partial charge in [0.1, 0.15) is 6.61 Å². The highest BCUT2D eigenvalue weighted by atomic mass is 19.4. The molecule has 2 N–H and O–H groups in total. The van der Waals surface area contributed by atoms with E-state index >= 15 is 0 Å². The third kappa shape index (κ3) is 5.25. The molecule has 102 valence electrons. The average molecular weight is 253 g/mol. The molecular weight excluding hydrogens is 231 g/mol. The first-order chi connectivity index (χ1) is 7.87. The van der Waals surface area contributed by atoms with Crippen molar-refractivity contribution >= 4 is 0 Å². The van der Waals surface area contributed by atoms with E-state index in [0.717, 1.165) is 19.3 Å². The highest BCUT2D eigenvalue weighted by molar-refractivity contribution is 4.86. The van der Waals surface area contributed by atoms with Crippen molar-refractivity contribution in [2.24, 2.45) is 17.1 Å². The zero-order valence-electron chi connectivity index (χ0n) is 10.4. The number of hydrogen-bond donors (Lipinski definition) is 1. The lowest BCUT2D eigenvalue weighted by Crippen LogP contribution is -2.36. The van der Waals surface area contributed by atoms with Crippen LogP contribution in [0, 0.1) is 11.3 Å². The third-order valence-corrected chi connectivity index (χ3v) is 3.66. The Balaban J connectivity index is 2.31. The summed E-state index contributed by atoms with van der Waals surface area (Å²) in [7, 11) is 0. The van der Waals surface area contributed by atoms with Crippen LogP contribution in [0.3, 0.4) is 0 Å². The van der Waals surface area contributed by atoms with E-state index in [9.17, 15) is 13.2 Å². The minimum Gasteiger partial charge on any atom is -0.372 e. The lowest BCUT2D eigenvalue weighted by Gasteiger charge is -2.39. The Morgan fingerprint density at radius 3 is 2.65 bits per heavy atom. The molecule has 0 aromatic rings. The fourth-order valence-corrected chi connectivity index (χ4v) is 2.76. The second-order valence-corrected chi connectivity index (χ2v) is 5.32. The zero-order chi connectivity index (χ0) is 12.9. The second-order valence-electron chi connectivity index (χ2n) is 5.32. The summed E-state index contributed by atoms with van der Waals surface area (Å²) in [4.78, 5) is 0. The summed E-state index contributed by atoms with van der Waals surface area (Å²) < 4.78 is 40.4. The molecule has 0 aromatic heterocycles. The number of nitrogens with two attached hydrogens (primary N) is 1. The fraction of sp³-hybridized carbons (Fsp3) is 1.00. The van der Waals surface area contributed by atoms with E-state index < -0.39 is 12.8 Å². The standard InChI is InChI=1S/C12H22F3NO/c1-10-3-2-4-11(7-10,8-16)5-6-17-9-12(13,14)15/h10H,2-9,16H2,1H3. The van der Waals surface area contributed by atoms with Crippen LogP contribution < -0.4 is 5.73 Å². The predicted molar refractivity (Wildman–Crippen MR) is 60.6 cm³/mol. The summed E-state index contributed by atoms with van der Waals surface area (Å²) >= 11 is 0. The van der Waals surface area contributed by atoms with Gasteiger partial charge in [0.25, 0.3) is 0 Å². The van der Waals surface area contributed by atoms with Crippen molar-refractivity contribution in [3.05, 3.63) is 0 Å². The lowest BCUT2D eigenvalue weighted by molar-refractivity contribution is -0.175. The number of ether oxygens (including phenoxy) is 1. The van der Waals surface area contributed by atoms with Crippen molar-refractivity contribution < 1.29 is 17.9 Å². The van der Waals surface area contributed by atoms with Gasteiger partial charge in [-0.2, -0.15) is 13.2 Å². The van der Waals surface area contributed by atoms with Crippen LogP contribution in [0.4, 0.5) is 13.2 Å². The van der Waals surface area contributed by atoms with Gasteiger partial charge in [0.15, 0.2) is 0 Å². The average Bonchev–Trinajstić information content (AvgIpc) is 2.23. The van der Waals surface area contributed by atoms with Crippen molar-refractivity contribution in [2.45, 2.75) is 45.2 Å². The molecule has 0 radical (unpaired) electrons. The van der Waals surface area contributed by atoms with Crippen molar-refractivity contribution in [1.82, 2.24) is 0 Å². The molecule has 1 rings (SSSR count). The lowest BCUT2D eigenvalue weighted by atomic mass is 9.68. The van der Waals surface area contributed by atoms with Gasteiger partial charge in [0, 0.05) is 6.61 Å². The quantitative estimate of drug-likeness (QED) is 0.764. The van der Waals surface area contributed by atoms with Gasteiger partial charge in [-0.1, -0.05) is 19.8 Å². The van der Waals surface area contributed by atoms with Gasteiger partial charge in [-0.25, -0.2) is 0 Å². The van der Waals surface area contributed by atoms with Crippen molar-refractivity contribution in [3.63, 3.8) is 0 Å². The van der Waals surface area contributed by atoms with E-state index in [2.05, 4.69) is 11.7 Å². The molecule has 0 aromatic carbocycles. The van der Waals surface area contributed by atoms with Crippen LogP contribution >= 0.6 is 0 Å². The van der Waals surface area contributed by atoms with Crippen molar-refractivity contribution in [3.8, 4) is 0 Å². The molecule has 0 aliphatic heterocycles. The molecule has 1 aliphatic rings. The summed E-state index contributed by atoms with van der Waals surface area (Å²) in [5.74, 6) is 0.620. The van der Waals surface area contributed by atoms with Crippen LogP contribution in [-0.2, 0) is 4.74 Å². The number of alkyl halides is 3. The molecular formula is C12H22F3NO. The maximum atomic E-state index is 11.9. The third-order valence-electron chi connectivity index (χ3n) is 3.66. The van der Waals surface area contributed by atoms with E-state index in [-0.39, 0.29) is 12.0 Å². The minimum absolute atomic E-state index is 0.00324. The summed E-state index contributed by atoms with van der Waals surface area (Å²) in [6, 6.07) is 0. The molecule has 17 heavy (non-hydrogen) atoms. The van der Waals surface area contributed by atoms with E-state index in [1.54, 1.807) is 0 Å². The fourth-order valence-electron chi connectivity index (χ4n) is 2.76. The molecule has 1 aliphatic carbocycles. The Hall–Kier alpha value is -0.290. The van der Waals surface area contributed by atoms with Crippen LogP contribution in [0.2, 0.25) is 0 Å². The van der Waals surface area contributed by atoms with Crippen LogP contribution in [0.25, 0.3) is 0 Å². The molecule has 2 nitrogen and oxygen atoms in total. The summed E-state index contributed by atoms with van der Waals surface area (Å²) in [6.45, 7) is 1.74. The largest absolute Gasteiger partial charge is 0.411 e. The normalized spacial score (nSPS) is 30.5. The second kappa shape index (κ2) is 6.05. The van der Waals surface area contributed by atoms with Gasteiger partial charge < -0.3 is 10.5 Å². The van der Waals surface area contributed by atoms with Gasteiger partial charge in [-0.05, 0) is 37.1 Å². The molecule has 0 amide bonds. The molecule has 1 fully saturated rings. The zero-order valence-corrected chi connectivity index (χ0v) is 10.4. The Labute approximate surface area is 101 Å². The van der Waals surface area contributed by atoms with Gasteiger partial charge in [0.05, 0.1) is 0 Å². The van der Waals surface area contributed by atoms with Gasteiger partial charge in [-0.3, -0.25) is 0 Å². The summed E-state index contributed by atoms with van der Waals surface area (Å²) in [5, 5.41) is 0. The first-order valence-electron chi connectivity index (χ1n) is 6.21. The predicted octanol–water partition coefficient (Wildman–Crippen LogP) is 3.11. The van der Waals surface area contributed by atoms with Gasteiger partial charge in [-0.15, -0.1) is 0 Å². The van der Waals surface area contributed by atoms with Crippen LogP contribution in [-0.4, -0.2) is 25.9 Å². The van der Waals surface area contributed by atoms with Crippen LogP contribution in [0.5, 0.6) is 0 Å². The van der Waals surface area contributed by atoms with E-state index in [1.165, 1.54) is 6.42 Å². The first kappa shape index (κ1) is 14.8. The van der Waals surface area contributed by atoms with E-state index in [4.69, 9.17) is 5.73 Å². The number of halogens is 3. The molecule has 2 atom stereocenters. The Morgan fingerprint density at radius 2 is 2.12 bits per heavy atom. The van der Waals surface area contributed by atoms with Gasteiger partial charge >= 0.3 is 6.18 Å². The first-order valence-corrected chi connectivity index (χ1v) is 6.21. The number of rotatable bonds is 5. The molecule has 5 heteroatoms. The molecule has 0 bridgehead atoms. The van der Waals surface area contributed by atoms with E-state index in [1.807, 2.05) is 0 Å². The maximum Gasteiger partial charge on any atom is 0.411 e. The highest BCUT2D eigenvalue weighted by Crippen LogP contribution is 2.41. The van der Waals surface area contributed by atoms with E-state index in [0.29, 0.717) is 18.9 Å². The molecule has 2 unspecified atom stereocenters. The molecule has 0 saturated heterocycles. The Morgan fingerprint density at radius 1 is 1.41 bits per heavy atom. The maximum absolute atomic E-state index is 11.9. The monoisotopic (exact) mass is 253 g/mol. The smallest absolute Gasteiger partial charge is 0.372 e. The summed E-state index contributed by atoms with van der Waals surface area (Å²) in [6.07, 6.45) is 0.768. The Bertz CT molecular complexity index is 232.